The number of phenols is 1. The SMILES string of the molecule is COc1cc([C@H]2NC(=O)NC3=C2C(=O)N(CCCN2CCC(=O)C2)C3)ccc1O. The molecule has 0 radical (unpaired) electrons. The van der Waals surface area contributed by atoms with Crippen molar-refractivity contribution in [2.45, 2.75) is 18.9 Å². The number of nitrogens with one attached hydrogen (secondary N) is 2. The van der Waals surface area contributed by atoms with E-state index < -0.39 is 6.04 Å². The van der Waals surface area contributed by atoms with Crippen LogP contribution in [0.3, 0.4) is 0 Å². The maximum Gasteiger partial charge on any atom is 0.319 e. The summed E-state index contributed by atoms with van der Waals surface area (Å²) >= 11 is 0. The van der Waals surface area contributed by atoms with Crippen LogP contribution in [0.15, 0.2) is 29.5 Å². The highest BCUT2D eigenvalue weighted by atomic mass is 16.5. The molecule has 3 N–H and O–H groups in total. The molecule has 154 valence electrons. The number of methoxy groups -OCH3 is 1. The monoisotopic (exact) mass is 400 g/mol. The minimum atomic E-state index is -0.609. The molecule has 1 saturated heterocycles. The highest BCUT2D eigenvalue weighted by Crippen LogP contribution is 2.36. The number of likely N-dealkylation sites (tertiary alicyclic amines) is 1. The van der Waals surface area contributed by atoms with Gasteiger partial charge in [-0.1, -0.05) is 6.07 Å². The number of nitrogens with zero attached hydrogens (tertiary/aromatic N) is 2. The maximum atomic E-state index is 13.1. The maximum absolute atomic E-state index is 13.1. The zero-order chi connectivity index (χ0) is 20.5. The first kappa shape index (κ1) is 19.3. The zero-order valence-corrected chi connectivity index (χ0v) is 16.2. The van der Waals surface area contributed by atoms with E-state index in [1.165, 1.54) is 13.2 Å². The van der Waals surface area contributed by atoms with Crippen LogP contribution in [-0.2, 0) is 9.59 Å². The molecule has 0 saturated carbocycles. The molecule has 0 aromatic heterocycles. The second-order valence-electron chi connectivity index (χ2n) is 7.50. The minimum Gasteiger partial charge on any atom is -0.504 e. The summed E-state index contributed by atoms with van der Waals surface area (Å²) in [6, 6.07) is 3.79. The smallest absolute Gasteiger partial charge is 0.319 e. The molecule has 1 aromatic carbocycles. The number of rotatable bonds is 6. The lowest BCUT2D eigenvalue weighted by atomic mass is 9.96. The summed E-state index contributed by atoms with van der Waals surface area (Å²) in [6.07, 6.45) is 1.37. The van der Waals surface area contributed by atoms with Gasteiger partial charge < -0.3 is 25.4 Å². The number of ketones is 1. The number of hydrogen-bond acceptors (Lipinski definition) is 6. The Hall–Kier alpha value is -3.07. The van der Waals surface area contributed by atoms with Gasteiger partial charge in [0.25, 0.3) is 5.91 Å². The second kappa shape index (κ2) is 7.75. The molecule has 29 heavy (non-hydrogen) atoms. The van der Waals surface area contributed by atoms with Crippen LogP contribution in [0.4, 0.5) is 4.79 Å². The normalized spacial score (nSPS) is 22.0. The van der Waals surface area contributed by atoms with Gasteiger partial charge in [0.05, 0.1) is 37.5 Å². The van der Waals surface area contributed by atoms with Crippen LogP contribution in [0.5, 0.6) is 11.5 Å². The first-order chi connectivity index (χ1) is 14.0. The quantitative estimate of drug-likeness (QED) is 0.642. The number of carbonyl (C=O) groups is 3. The van der Waals surface area contributed by atoms with Crippen molar-refractivity contribution >= 4 is 17.7 Å². The molecule has 3 aliphatic heterocycles. The lowest BCUT2D eigenvalue weighted by Gasteiger charge is -2.26. The van der Waals surface area contributed by atoms with Gasteiger partial charge in [0.15, 0.2) is 11.5 Å². The fraction of sp³-hybridized carbons (Fsp3) is 0.450. The molecular formula is C20H24N4O5. The van der Waals surface area contributed by atoms with E-state index in [1.807, 2.05) is 0 Å². The Bertz CT molecular complexity index is 897. The molecule has 0 unspecified atom stereocenters. The van der Waals surface area contributed by atoms with Crippen molar-refractivity contribution in [3.8, 4) is 11.5 Å². The van der Waals surface area contributed by atoms with Gasteiger partial charge >= 0.3 is 6.03 Å². The highest BCUT2D eigenvalue weighted by Gasteiger charge is 2.40. The minimum absolute atomic E-state index is 0.00881. The zero-order valence-electron chi connectivity index (χ0n) is 16.2. The van der Waals surface area contributed by atoms with E-state index >= 15 is 0 Å². The number of phenolic OH excluding ortho intramolecular Hbond substituents is 1. The van der Waals surface area contributed by atoms with Crippen LogP contribution in [0.1, 0.15) is 24.4 Å². The van der Waals surface area contributed by atoms with Crippen molar-refractivity contribution in [2.75, 3.05) is 39.8 Å². The molecule has 3 heterocycles. The summed E-state index contributed by atoms with van der Waals surface area (Å²) in [6.45, 7) is 2.95. The molecule has 3 aliphatic rings. The fourth-order valence-electron chi connectivity index (χ4n) is 4.10. The standard InChI is InChI=1S/C20H24N4O5/c1-29-16-9-12(3-4-15(16)26)18-17-14(21-20(28)22-18)11-24(19(17)27)7-2-6-23-8-5-13(25)10-23/h3-4,9,18,26H,2,5-8,10-11H2,1H3,(H2,21,22,28)/t18-/m1/s1. The number of carbonyl (C=O) groups excluding carboxylic acids is 3. The van der Waals surface area contributed by atoms with Gasteiger partial charge in [0.1, 0.15) is 5.78 Å². The molecule has 1 fully saturated rings. The summed E-state index contributed by atoms with van der Waals surface area (Å²) < 4.78 is 5.15. The van der Waals surface area contributed by atoms with Crippen LogP contribution >= 0.6 is 0 Å². The van der Waals surface area contributed by atoms with E-state index in [1.54, 1.807) is 17.0 Å². The third kappa shape index (κ3) is 3.77. The Morgan fingerprint density at radius 2 is 2.03 bits per heavy atom. The first-order valence-corrected chi connectivity index (χ1v) is 9.67. The molecule has 9 nitrogen and oxygen atoms in total. The average Bonchev–Trinajstić information content (AvgIpc) is 3.25. The first-order valence-electron chi connectivity index (χ1n) is 9.67. The number of urea groups is 1. The van der Waals surface area contributed by atoms with Gasteiger partial charge in [0.2, 0.25) is 0 Å². The van der Waals surface area contributed by atoms with Gasteiger partial charge in [-0.15, -0.1) is 0 Å². The topological polar surface area (TPSA) is 111 Å². The Morgan fingerprint density at radius 3 is 2.76 bits per heavy atom. The van der Waals surface area contributed by atoms with Crippen molar-refractivity contribution in [3.63, 3.8) is 0 Å². The summed E-state index contributed by atoms with van der Waals surface area (Å²) in [7, 11) is 1.45. The lowest BCUT2D eigenvalue weighted by molar-refractivity contribution is -0.126. The van der Waals surface area contributed by atoms with Crippen molar-refractivity contribution in [1.29, 1.82) is 0 Å². The lowest BCUT2D eigenvalue weighted by Crippen LogP contribution is -2.44. The van der Waals surface area contributed by atoms with Crippen LogP contribution in [-0.4, -0.2) is 72.5 Å². The van der Waals surface area contributed by atoms with Gasteiger partial charge in [-0.25, -0.2) is 4.79 Å². The third-order valence-corrected chi connectivity index (χ3v) is 5.57. The number of hydrogen-bond donors (Lipinski definition) is 3. The Labute approximate surface area is 168 Å². The number of ether oxygens (including phenoxy) is 1. The highest BCUT2D eigenvalue weighted by molar-refractivity contribution is 6.01. The Balaban J connectivity index is 1.47. The van der Waals surface area contributed by atoms with Gasteiger partial charge in [-0.05, 0) is 24.1 Å². The second-order valence-corrected chi connectivity index (χ2v) is 7.50. The predicted molar refractivity (Wildman–Crippen MR) is 103 cm³/mol. The van der Waals surface area contributed by atoms with Crippen molar-refractivity contribution in [3.05, 3.63) is 35.0 Å². The molecule has 3 amide bonds. The van der Waals surface area contributed by atoms with E-state index in [9.17, 15) is 19.5 Å². The number of benzene rings is 1. The molecule has 4 rings (SSSR count). The van der Waals surface area contributed by atoms with Gasteiger partial charge in [0, 0.05) is 26.1 Å². The summed E-state index contributed by atoms with van der Waals surface area (Å²) in [5.41, 5.74) is 1.77. The molecule has 0 aliphatic carbocycles. The van der Waals surface area contributed by atoms with Crippen LogP contribution in [0, 0.1) is 0 Å². The number of aromatic hydroxyl groups is 1. The molecular weight excluding hydrogens is 376 g/mol. The van der Waals surface area contributed by atoms with E-state index in [0.29, 0.717) is 42.9 Å². The van der Waals surface area contributed by atoms with Crippen LogP contribution < -0.4 is 15.4 Å². The van der Waals surface area contributed by atoms with E-state index in [4.69, 9.17) is 4.74 Å². The Morgan fingerprint density at radius 1 is 1.21 bits per heavy atom. The van der Waals surface area contributed by atoms with Gasteiger partial charge in [-0.3, -0.25) is 14.5 Å². The number of Topliss-reactive ketones (excluding diaryl/α,β-unsaturated/α-hetero) is 1. The summed E-state index contributed by atoms with van der Waals surface area (Å²) in [5, 5.41) is 15.4. The summed E-state index contributed by atoms with van der Waals surface area (Å²) in [5.74, 6) is 0.410. The van der Waals surface area contributed by atoms with E-state index in [-0.39, 0.29) is 29.2 Å². The van der Waals surface area contributed by atoms with Crippen LogP contribution in [0.2, 0.25) is 0 Å². The number of amides is 3. The van der Waals surface area contributed by atoms with Crippen molar-refractivity contribution in [1.82, 2.24) is 20.4 Å². The van der Waals surface area contributed by atoms with Gasteiger partial charge in [-0.2, -0.15) is 0 Å². The summed E-state index contributed by atoms with van der Waals surface area (Å²) in [4.78, 5) is 40.4. The largest absolute Gasteiger partial charge is 0.504 e. The van der Waals surface area contributed by atoms with E-state index in [0.717, 1.165) is 19.5 Å². The Kier molecular flexibility index (Phi) is 5.14. The third-order valence-electron chi connectivity index (χ3n) is 5.57. The van der Waals surface area contributed by atoms with E-state index in [2.05, 4.69) is 15.5 Å². The predicted octanol–water partition coefficient (Wildman–Crippen LogP) is 0.516. The molecule has 1 atom stereocenters. The molecule has 1 aromatic rings. The average molecular weight is 400 g/mol. The molecule has 0 bridgehead atoms. The molecule has 0 spiro atoms. The fourth-order valence-corrected chi connectivity index (χ4v) is 4.10. The molecule has 9 heteroatoms. The van der Waals surface area contributed by atoms with Crippen molar-refractivity contribution in [2.24, 2.45) is 0 Å². The van der Waals surface area contributed by atoms with Crippen molar-refractivity contribution < 1.29 is 24.2 Å². The van der Waals surface area contributed by atoms with Crippen LogP contribution in [0.25, 0.3) is 0 Å².